The van der Waals surface area contributed by atoms with Gasteiger partial charge in [0.05, 0.1) is 17.2 Å². The molecule has 20 heavy (non-hydrogen) atoms. The second kappa shape index (κ2) is 6.20. The Labute approximate surface area is 124 Å². The quantitative estimate of drug-likeness (QED) is 0.888. The van der Waals surface area contributed by atoms with Gasteiger partial charge in [0.1, 0.15) is 5.69 Å². The van der Waals surface area contributed by atoms with Crippen LogP contribution in [0.4, 0.5) is 0 Å². The first kappa shape index (κ1) is 15.4. The fraction of sp³-hybridized carbons (Fsp3) is 0.714. The van der Waals surface area contributed by atoms with Crippen LogP contribution >= 0.6 is 11.3 Å². The molecule has 1 fully saturated rings. The fourth-order valence-electron chi connectivity index (χ4n) is 2.65. The Morgan fingerprint density at radius 3 is 3.00 bits per heavy atom. The molecule has 0 aliphatic carbocycles. The molecule has 2 heterocycles. The topological polar surface area (TPSA) is 56.7 Å². The molecule has 0 radical (unpaired) electrons. The van der Waals surface area contributed by atoms with E-state index in [2.05, 4.69) is 11.9 Å². The van der Waals surface area contributed by atoms with Crippen LogP contribution in [0.25, 0.3) is 0 Å². The van der Waals surface area contributed by atoms with Crippen LogP contribution in [0.2, 0.25) is 0 Å². The fourth-order valence-corrected chi connectivity index (χ4v) is 3.52. The van der Waals surface area contributed by atoms with E-state index >= 15 is 0 Å². The van der Waals surface area contributed by atoms with E-state index in [0.29, 0.717) is 31.7 Å². The molecular weight excluding hydrogens is 274 g/mol. The lowest BCUT2D eigenvalue weighted by Gasteiger charge is -2.26. The van der Waals surface area contributed by atoms with Gasteiger partial charge in [-0.25, -0.2) is 4.98 Å². The zero-order chi connectivity index (χ0) is 14.8. The second-order valence-corrected chi connectivity index (χ2v) is 6.76. The van der Waals surface area contributed by atoms with E-state index in [1.807, 2.05) is 24.4 Å². The number of aliphatic hydroxyl groups is 1. The summed E-state index contributed by atoms with van der Waals surface area (Å²) in [7, 11) is 3.86. The molecule has 0 bridgehead atoms. The molecule has 6 heteroatoms. The predicted molar refractivity (Wildman–Crippen MR) is 80.1 cm³/mol. The van der Waals surface area contributed by atoms with E-state index in [-0.39, 0.29) is 5.91 Å². The van der Waals surface area contributed by atoms with E-state index in [0.717, 1.165) is 17.8 Å². The van der Waals surface area contributed by atoms with Crippen molar-refractivity contribution in [3.05, 3.63) is 16.1 Å². The van der Waals surface area contributed by atoms with E-state index in [1.165, 1.54) is 0 Å². The molecule has 0 aromatic carbocycles. The van der Waals surface area contributed by atoms with Gasteiger partial charge in [-0.1, -0.05) is 6.92 Å². The molecule has 1 aliphatic heterocycles. The molecule has 112 valence electrons. The third-order valence-corrected chi connectivity index (χ3v) is 4.37. The highest BCUT2D eigenvalue weighted by molar-refractivity contribution is 7.09. The number of aromatic nitrogens is 1. The highest BCUT2D eigenvalue weighted by atomic mass is 32.1. The summed E-state index contributed by atoms with van der Waals surface area (Å²) in [5.74, 6) is -0.0571. The van der Waals surface area contributed by atoms with Gasteiger partial charge >= 0.3 is 0 Å². The van der Waals surface area contributed by atoms with E-state index in [4.69, 9.17) is 0 Å². The number of β-amino-alcohol motifs (C(OH)–C–C–N with tert-alkyl or cyclic N) is 1. The number of nitrogens with zero attached hydrogens (tertiary/aromatic N) is 3. The average Bonchev–Trinajstić information content (AvgIpc) is 2.95. The van der Waals surface area contributed by atoms with Crippen LogP contribution in [0.3, 0.4) is 0 Å². The molecule has 1 saturated heterocycles. The number of rotatable bonds is 5. The molecule has 5 nitrogen and oxygen atoms in total. The Balaban J connectivity index is 2.00. The average molecular weight is 297 g/mol. The Kier molecular flexibility index (Phi) is 4.78. The molecule has 1 aliphatic rings. The number of likely N-dealkylation sites (N-methyl/N-ethyl adjacent to an activating group) is 1. The Bertz CT molecular complexity index is 475. The molecule has 2 rings (SSSR count). The SMILES string of the molecule is CCCc1nc(C(=O)N2CCC(O)(CN(C)C)C2)cs1. The van der Waals surface area contributed by atoms with Crippen LogP contribution in [0.5, 0.6) is 0 Å². The summed E-state index contributed by atoms with van der Waals surface area (Å²) in [5.41, 5.74) is -0.269. The van der Waals surface area contributed by atoms with Crippen LogP contribution in [-0.2, 0) is 6.42 Å². The molecule has 1 N–H and O–H groups in total. The number of amides is 1. The van der Waals surface area contributed by atoms with Gasteiger partial charge in [0.25, 0.3) is 5.91 Å². The summed E-state index contributed by atoms with van der Waals surface area (Å²) in [6.45, 7) is 3.67. The minimum absolute atomic E-state index is 0.0571. The Morgan fingerprint density at radius 2 is 2.35 bits per heavy atom. The first-order chi connectivity index (χ1) is 9.43. The number of carbonyl (C=O) groups excluding carboxylic acids is 1. The van der Waals surface area contributed by atoms with Crippen LogP contribution in [-0.4, -0.2) is 65.1 Å². The molecule has 1 aromatic rings. The molecule has 1 atom stereocenters. The maximum Gasteiger partial charge on any atom is 0.273 e. The smallest absolute Gasteiger partial charge is 0.273 e. The Morgan fingerprint density at radius 1 is 1.60 bits per heavy atom. The normalized spacial score (nSPS) is 22.8. The van der Waals surface area contributed by atoms with Gasteiger partial charge in [-0.3, -0.25) is 4.79 Å². The van der Waals surface area contributed by atoms with Crippen molar-refractivity contribution >= 4 is 17.2 Å². The predicted octanol–water partition coefficient (Wildman–Crippen LogP) is 1.23. The number of thiazole rings is 1. The lowest BCUT2D eigenvalue weighted by molar-refractivity contribution is 0.0235. The van der Waals surface area contributed by atoms with Crippen molar-refractivity contribution in [3.63, 3.8) is 0 Å². The molecular formula is C14H23N3O2S. The summed E-state index contributed by atoms with van der Waals surface area (Å²) in [6, 6.07) is 0. The van der Waals surface area contributed by atoms with Crippen molar-refractivity contribution in [2.75, 3.05) is 33.7 Å². The maximum atomic E-state index is 12.4. The van der Waals surface area contributed by atoms with Crippen LogP contribution in [0, 0.1) is 0 Å². The van der Waals surface area contributed by atoms with E-state index in [9.17, 15) is 9.90 Å². The number of carbonyl (C=O) groups is 1. The van der Waals surface area contributed by atoms with Crippen molar-refractivity contribution in [3.8, 4) is 0 Å². The number of hydrogen-bond donors (Lipinski definition) is 1. The molecule has 0 spiro atoms. The molecule has 1 aromatic heterocycles. The zero-order valence-electron chi connectivity index (χ0n) is 12.4. The van der Waals surface area contributed by atoms with Crippen molar-refractivity contribution in [2.45, 2.75) is 31.8 Å². The monoisotopic (exact) mass is 297 g/mol. The standard InChI is InChI=1S/C14H23N3O2S/c1-4-5-12-15-11(8-20-12)13(18)17-7-6-14(19,10-17)9-16(2)3/h8,19H,4-7,9-10H2,1-3H3. The van der Waals surface area contributed by atoms with Crippen molar-refractivity contribution in [1.29, 1.82) is 0 Å². The Hall–Kier alpha value is -0.980. The lowest BCUT2D eigenvalue weighted by Crippen LogP contribution is -2.43. The highest BCUT2D eigenvalue weighted by Gasteiger charge is 2.39. The summed E-state index contributed by atoms with van der Waals surface area (Å²) in [4.78, 5) is 20.4. The highest BCUT2D eigenvalue weighted by Crippen LogP contribution is 2.24. The lowest BCUT2D eigenvalue weighted by atomic mass is 10.0. The number of aryl methyl sites for hydroxylation is 1. The summed E-state index contributed by atoms with van der Waals surface area (Å²) >= 11 is 1.54. The molecule has 0 saturated carbocycles. The maximum absolute atomic E-state index is 12.4. The van der Waals surface area contributed by atoms with Crippen molar-refractivity contribution in [1.82, 2.24) is 14.8 Å². The van der Waals surface area contributed by atoms with Gasteiger partial charge in [-0.2, -0.15) is 0 Å². The number of likely N-dealkylation sites (tertiary alicyclic amines) is 1. The molecule has 1 amide bonds. The zero-order valence-corrected chi connectivity index (χ0v) is 13.2. The van der Waals surface area contributed by atoms with Gasteiger partial charge in [0.15, 0.2) is 0 Å². The first-order valence-electron chi connectivity index (χ1n) is 7.04. The van der Waals surface area contributed by atoms with E-state index in [1.54, 1.807) is 16.2 Å². The minimum atomic E-state index is -0.790. The second-order valence-electron chi connectivity index (χ2n) is 5.82. The summed E-state index contributed by atoms with van der Waals surface area (Å²) in [5, 5.41) is 13.3. The molecule has 1 unspecified atom stereocenters. The van der Waals surface area contributed by atoms with E-state index < -0.39 is 5.60 Å². The van der Waals surface area contributed by atoms with Gasteiger partial charge in [-0.05, 0) is 33.4 Å². The van der Waals surface area contributed by atoms with Gasteiger partial charge < -0.3 is 14.9 Å². The van der Waals surface area contributed by atoms with Gasteiger partial charge in [-0.15, -0.1) is 11.3 Å². The van der Waals surface area contributed by atoms with Crippen LogP contribution in [0.15, 0.2) is 5.38 Å². The third kappa shape index (κ3) is 3.56. The summed E-state index contributed by atoms with van der Waals surface area (Å²) < 4.78 is 0. The van der Waals surface area contributed by atoms with Crippen LogP contribution < -0.4 is 0 Å². The van der Waals surface area contributed by atoms with Gasteiger partial charge in [0.2, 0.25) is 0 Å². The largest absolute Gasteiger partial charge is 0.387 e. The van der Waals surface area contributed by atoms with Crippen LogP contribution in [0.1, 0.15) is 35.3 Å². The van der Waals surface area contributed by atoms with Crippen molar-refractivity contribution in [2.24, 2.45) is 0 Å². The van der Waals surface area contributed by atoms with Crippen molar-refractivity contribution < 1.29 is 9.90 Å². The number of hydrogen-bond acceptors (Lipinski definition) is 5. The summed E-state index contributed by atoms with van der Waals surface area (Å²) in [6.07, 6.45) is 2.58. The van der Waals surface area contributed by atoms with Gasteiger partial charge in [0, 0.05) is 18.5 Å². The minimum Gasteiger partial charge on any atom is -0.387 e. The third-order valence-electron chi connectivity index (χ3n) is 3.46. The first-order valence-corrected chi connectivity index (χ1v) is 7.92.